The fraction of sp³-hybridized carbons (Fsp3) is 0.441. The zero-order valence-corrected chi connectivity index (χ0v) is 26.4. The number of likely N-dealkylation sites (tertiary alicyclic amines) is 1. The molecule has 1 aliphatic rings. The van der Waals surface area contributed by atoms with Gasteiger partial charge in [0.15, 0.2) is 5.82 Å². The lowest BCUT2D eigenvalue weighted by Gasteiger charge is -2.39. The fourth-order valence-corrected chi connectivity index (χ4v) is 6.28. The fourth-order valence-electron chi connectivity index (χ4n) is 6.02. The Labute approximate surface area is 258 Å². The van der Waals surface area contributed by atoms with E-state index in [1.165, 1.54) is 6.42 Å². The predicted octanol–water partition coefficient (Wildman–Crippen LogP) is 6.33. The molecule has 0 atom stereocenters. The van der Waals surface area contributed by atoms with E-state index in [2.05, 4.69) is 35.8 Å². The number of thiocarbonyl (C=S) groups is 1. The number of piperidine rings is 1. The standard InChI is InChI=1S/C34H41N5O3S/c1-5-6-12-29-35-23(2)26(17-18-30(43)38-20-9-19-34(3,4)22-38)32(40)39(29)21-24-13-15-25(16-14-24)27-10-7-8-11-28(27)31-36-33(41)42-37-31/h7-8,10-11,13-16H,5-6,9,12,17-22H2,1-4H3,(H,36,37,41). The molecule has 0 bridgehead atoms. The van der Waals surface area contributed by atoms with Crippen LogP contribution in [-0.4, -0.2) is 42.7 Å². The zero-order chi connectivity index (χ0) is 30.6. The Hall–Kier alpha value is -3.85. The molecule has 0 saturated carbocycles. The van der Waals surface area contributed by atoms with Crippen molar-refractivity contribution >= 4 is 17.2 Å². The monoisotopic (exact) mass is 599 g/mol. The van der Waals surface area contributed by atoms with Crippen molar-refractivity contribution in [2.24, 2.45) is 5.41 Å². The number of nitrogens with one attached hydrogen (secondary N) is 1. The second kappa shape index (κ2) is 13.2. The minimum Gasteiger partial charge on any atom is -0.366 e. The molecule has 0 spiro atoms. The second-order valence-corrected chi connectivity index (χ2v) is 12.8. The molecule has 2 aromatic carbocycles. The van der Waals surface area contributed by atoms with Crippen LogP contribution in [0.4, 0.5) is 0 Å². The first-order valence-corrected chi connectivity index (χ1v) is 15.7. The number of aryl methyl sites for hydroxylation is 2. The van der Waals surface area contributed by atoms with Gasteiger partial charge in [-0.25, -0.2) is 9.78 Å². The summed E-state index contributed by atoms with van der Waals surface area (Å²) >= 11 is 5.85. The smallest absolute Gasteiger partial charge is 0.366 e. The molecular weight excluding hydrogens is 558 g/mol. The summed E-state index contributed by atoms with van der Waals surface area (Å²) in [5.41, 5.74) is 5.55. The highest BCUT2D eigenvalue weighted by Crippen LogP contribution is 2.31. The number of unbranched alkanes of at least 4 members (excludes halogenated alkanes) is 1. The SMILES string of the molecule is CCCCc1nc(C)c(CCC(=S)N2CCCC(C)(C)C2)c(=O)n1Cc1ccc(-c2ccccc2-c2noc(=O)[nH]2)cc1. The van der Waals surface area contributed by atoms with Gasteiger partial charge >= 0.3 is 5.76 Å². The first-order valence-electron chi connectivity index (χ1n) is 15.3. The Morgan fingerprint density at radius 2 is 1.81 bits per heavy atom. The number of aromatic amines is 1. The van der Waals surface area contributed by atoms with Gasteiger partial charge in [-0.3, -0.25) is 18.9 Å². The van der Waals surface area contributed by atoms with Crippen LogP contribution in [0.1, 0.15) is 75.5 Å². The van der Waals surface area contributed by atoms with Crippen molar-refractivity contribution in [3.8, 4) is 22.5 Å². The highest BCUT2D eigenvalue weighted by Gasteiger charge is 2.27. The third-order valence-corrected chi connectivity index (χ3v) is 8.83. The summed E-state index contributed by atoms with van der Waals surface area (Å²) in [5, 5.41) is 3.86. The topological polar surface area (TPSA) is 97.0 Å². The Morgan fingerprint density at radius 1 is 1.07 bits per heavy atom. The van der Waals surface area contributed by atoms with E-state index in [0.29, 0.717) is 25.2 Å². The maximum Gasteiger partial charge on any atom is 0.439 e. The quantitative estimate of drug-likeness (QED) is 0.213. The second-order valence-electron chi connectivity index (χ2n) is 12.4. The molecule has 8 nitrogen and oxygen atoms in total. The Bertz CT molecular complexity index is 1700. The van der Waals surface area contributed by atoms with E-state index in [1.807, 2.05) is 60.0 Å². The molecule has 1 aliphatic heterocycles. The van der Waals surface area contributed by atoms with Crippen molar-refractivity contribution in [1.29, 1.82) is 0 Å². The Kier molecular flexibility index (Phi) is 9.40. The van der Waals surface area contributed by atoms with Crippen LogP contribution >= 0.6 is 12.2 Å². The van der Waals surface area contributed by atoms with Gasteiger partial charge in [0.25, 0.3) is 5.56 Å². The van der Waals surface area contributed by atoms with Gasteiger partial charge in [-0.15, -0.1) is 0 Å². The molecule has 0 radical (unpaired) electrons. The minimum atomic E-state index is -0.590. The summed E-state index contributed by atoms with van der Waals surface area (Å²) in [6.07, 6.45) is 6.41. The molecule has 3 heterocycles. The van der Waals surface area contributed by atoms with E-state index in [4.69, 9.17) is 21.7 Å². The van der Waals surface area contributed by atoms with Crippen LogP contribution < -0.4 is 11.3 Å². The first-order chi connectivity index (χ1) is 20.6. The van der Waals surface area contributed by atoms with Crippen LogP contribution in [-0.2, 0) is 19.4 Å². The van der Waals surface area contributed by atoms with Crippen molar-refractivity contribution in [3.05, 3.63) is 92.1 Å². The summed E-state index contributed by atoms with van der Waals surface area (Å²) in [6, 6.07) is 15.9. The molecule has 0 amide bonds. The third kappa shape index (κ3) is 7.21. The molecule has 1 N–H and O–H groups in total. The minimum absolute atomic E-state index is 0.0322. The van der Waals surface area contributed by atoms with Crippen molar-refractivity contribution in [1.82, 2.24) is 24.6 Å². The van der Waals surface area contributed by atoms with E-state index in [1.54, 1.807) is 0 Å². The van der Waals surface area contributed by atoms with Gasteiger partial charge in [0.05, 0.1) is 11.5 Å². The zero-order valence-electron chi connectivity index (χ0n) is 25.6. The maximum atomic E-state index is 14.0. The summed E-state index contributed by atoms with van der Waals surface area (Å²) in [6.45, 7) is 11.1. The molecule has 1 saturated heterocycles. The van der Waals surface area contributed by atoms with Gasteiger partial charge < -0.3 is 4.90 Å². The highest BCUT2D eigenvalue weighted by atomic mass is 32.1. The van der Waals surface area contributed by atoms with Crippen molar-refractivity contribution in [2.75, 3.05) is 13.1 Å². The molecule has 43 heavy (non-hydrogen) atoms. The van der Waals surface area contributed by atoms with Gasteiger partial charge in [-0.05, 0) is 54.7 Å². The number of aromatic nitrogens is 4. The van der Waals surface area contributed by atoms with Crippen molar-refractivity contribution in [3.63, 3.8) is 0 Å². The number of hydrogen-bond acceptors (Lipinski definition) is 6. The van der Waals surface area contributed by atoms with E-state index < -0.39 is 5.76 Å². The van der Waals surface area contributed by atoms with Gasteiger partial charge in [-0.1, -0.05) is 93.1 Å². The van der Waals surface area contributed by atoms with Crippen LogP contribution in [0.2, 0.25) is 0 Å². The van der Waals surface area contributed by atoms with Gasteiger partial charge in [0.2, 0.25) is 0 Å². The molecule has 4 aromatic rings. The lowest BCUT2D eigenvalue weighted by Crippen LogP contribution is -2.43. The summed E-state index contributed by atoms with van der Waals surface area (Å²) in [7, 11) is 0. The van der Waals surface area contributed by atoms with Crippen LogP contribution in [0.15, 0.2) is 62.6 Å². The van der Waals surface area contributed by atoms with E-state index in [9.17, 15) is 9.59 Å². The lowest BCUT2D eigenvalue weighted by atomic mass is 9.84. The number of H-pyrrole nitrogens is 1. The molecule has 9 heteroatoms. The third-order valence-electron chi connectivity index (χ3n) is 8.37. The molecule has 2 aromatic heterocycles. The van der Waals surface area contributed by atoms with E-state index in [0.717, 1.165) is 83.1 Å². The Morgan fingerprint density at radius 3 is 2.49 bits per heavy atom. The average Bonchev–Trinajstić information content (AvgIpc) is 3.43. The van der Waals surface area contributed by atoms with E-state index in [-0.39, 0.29) is 11.0 Å². The Balaban J connectivity index is 1.39. The van der Waals surface area contributed by atoms with Crippen LogP contribution in [0.3, 0.4) is 0 Å². The highest BCUT2D eigenvalue weighted by molar-refractivity contribution is 7.80. The van der Waals surface area contributed by atoms with Crippen molar-refractivity contribution in [2.45, 2.75) is 79.2 Å². The van der Waals surface area contributed by atoms with Crippen LogP contribution in [0.5, 0.6) is 0 Å². The number of benzene rings is 2. The van der Waals surface area contributed by atoms with Gasteiger partial charge in [0.1, 0.15) is 5.82 Å². The first kappa shape index (κ1) is 30.6. The summed E-state index contributed by atoms with van der Waals surface area (Å²) < 4.78 is 6.58. The normalized spacial score (nSPS) is 14.7. The molecule has 0 unspecified atom stereocenters. The molecule has 0 aliphatic carbocycles. The van der Waals surface area contributed by atoms with Crippen LogP contribution in [0, 0.1) is 12.3 Å². The lowest BCUT2D eigenvalue weighted by molar-refractivity contribution is 0.179. The number of hydrogen-bond donors (Lipinski definition) is 1. The molecule has 1 fully saturated rings. The van der Waals surface area contributed by atoms with Gasteiger partial charge in [0, 0.05) is 42.8 Å². The van der Waals surface area contributed by atoms with Crippen molar-refractivity contribution < 1.29 is 4.52 Å². The largest absolute Gasteiger partial charge is 0.439 e. The molecule has 5 rings (SSSR count). The number of rotatable bonds is 10. The van der Waals surface area contributed by atoms with Crippen LogP contribution in [0.25, 0.3) is 22.5 Å². The average molecular weight is 600 g/mol. The summed E-state index contributed by atoms with van der Waals surface area (Å²) in [4.78, 5) is 36.4. The predicted molar refractivity (Wildman–Crippen MR) is 174 cm³/mol. The number of nitrogens with zero attached hydrogens (tertiary/aromatic N) is 4. The van der Waals surface area contributed by atoms with E-state index >= 15 is 0 Å². The molecule has 226 valence electrons. The van der Waals surface area contributed by atoms with Gasteiger partial charge in [-0.2, -0.15) is 0 Å². The molecular formula is C34H41N5O3S. The summed E-state index contributed by atoms with van der Waals surface area (Å²) in [5.74, 6) is 0.629. The maximum absolute atomic E-state index is 14.0.